The van der Waals surface area contributed by atoms with E-state index in [1.807, 2.05) is 29.8 Å². The van der Waals surface area contributed by atoms with Crippen LogP contribution in [-0.4, -0.2) is 24.0 Å². The fraction of sp³-hybridized carbons (Fsp3) is 0.400. The minimum atomic E-state index is 0.721. The number of methoxy groups -OCH3 is 2. The summed E-state index contributed by atoms with van der Waals surface area (Å²) in [5, 5.41) is 7.81. The topological polar surface area (TPSA) is 48.3 Å². The van der Waals surface area contributed by atoms with Crippen molar-refractivity contribution in [1.82, 2.24) is 9.78 Å². The average Bonchev–Trinajstić information content (AvgIpc) is 2.85. The Morgan fingerprint density at radius 2 is 1.95 bits per heavy atom. The van der Waals surface area contributed by atoms with Gasteiger partial charge in [-0.3, -0.25) is 4.68 Å². The highest BCUT2D eigenvalue weighted by atomic mass is 16.5. The van der Waals surface area contributed by atoms with Gasteiger partial charge in [-0.05, 0) is 26.0 Å². The van der Waals surface area contributed by atoms with Crippen molar-refractivity contribution in [1.29, 1.82) is 0 Å². The number of rotatable bonds is 6. The molecule has 1 aromatic heterocycles. The van der Waals surface area contributed by atoms with Gasteiger partial charge in [-0.1, -0.05) is 0 Å². The van der Waals surface area contributed by atoms with E-state index in [1.54, 1.807) is 14.2 Å². The lowest BCUT2D eigenvalue weighted by Gasteiger charge is -2.11. The first-order valence-electron chi connectivity index (χ1n) is 6.66. The lowest BCUT2D eigenvalue weighted by molar-refractivity contribution is 0.355. The molecule has 5 nitrogen and oxygen atoms in total. The summed E-state index contributed by atoms with van der Waals surface area (Å²) < 4.78 is 12.5. The van der Waals surface area contributed by atoms with Gasteiger partial charge in [-0.2, -0.15) is 5.10 Å². The fourth-order valence-corrected chi connectivity index (χ4v) is 2.04. The van der Waals surface area contributed by atoms with Gasteiger partial charge < -0.3 is 14.8 Å². The normalized spacial score (nSPS) is 10.4. The Morgan fingerprint density at radius 1 is 1.20 bits per heavy atom. The van der Waals surface area contributed by atoms with Crippen LogP contribution in [0.15, 0.2) is 24.4 Å². The molecule has 0 fully saturated rings. The highest BCUT2D eigenvalue weighted by Gasteiger charge is 2.06. The summed E-state index contributed by atoms with van der Waals surface area (Å²) in [6.07, 6.45) is 2.07. The van der Waals surface area contributed by atoms with Crippen LogP contribution in [0.2, 0.25) is 0 Å². The number of anilines is 1. The molecule has 108 valence electrons. The second-order valence-corrected chi connectivity index (χ2v) is 4.52. The summed E-state index contributed by atoms with van der Waals surface area (Å²) in [5.74, 6) is 1.45. The maximum absolute atomic E-state index is 5.29. The largest absolute Gasteiger partial charge is 0.493 e. The maximum atomic E-state index is 5.29. The molecule has 2 rings (SSSR count). The number of nitrogens with one attached hydrogen (secondary N) is 1. The summed E-state index contributed by atoms with van der Waals surface area (Å²) >= 11 is 0. The van der Waals surface area contributed by atoms with E-state index in [2.05, 4.69) is 23.5 Å². The van der Waals surface area contributed by atoms with Gasteiger partial charge >= 0.3 is 0 Å². The molecule has 0 saturated carbocycles. The molecule has 1 heterocycles. The average molecular weight is 275 g/mol. The van der Waals surface area contributed by atoms with Crippen LogP contribution in [0.5, 0.6) is 11.5 Å². The van der Waals surface area contributed by atoms with E-state index in [0.717, 1.165) is 36.0 Å². The van der Waals surface area contributed by atoms with Crippen molar-refractivity contribution >= 4 is 5.69 Å². The third kappa shape index (κ3) is 3.04. The second kappa shape index (κ2) is 6.32. The van der Waals surface area contributed by atoms with Crippen LogP contribution in [0, 0.1) is 6.92 Å². The van der Waals surface area contributed by atoms with Crippen molar-refractivity contribution in [3.63, 3.8) is 0 Å². The third-order valence-electron chi connectivity index (χ3n) is 3.24. The monoisotopic (exact) mass is 275 g/mol. The van der Waals surface area contributed by atoms with E-state index in [0.29, 0.717) is 0 Å². The smallest absolute Gasteiger partial charge is 0.162 e. The van der Waals surface area contributed by atoms with Gasteiger partial charge in [0.2, 0.25) is 0 Å². The van der Waals surface area contributed by atoms with Crippen LogP contribution < -0.4 is 14.8 Å². The molecular formula is C15H21N3O2. The van der Waals surface area contributed by atoms with Crippen molar-refractivity contribution in [2.24, 2.45) is 0 Å². The Morgan fingerprint density at radius 3 is 2.55 bits per heavy atom. The number of benzene rings is 1. The van der Waals surface area contributed by atoms with Gasteiger partial charge in [0.25, 0.3) is 0 Å². The Balaban J connectivity index is 2.08. The van der Waals surface area contributed by atoms with E-state index in [9.17, 15) is 0 Å². The van der Waals surface area contributed by atoms with Crippen molar-refractivity contribution < 1.29 is 9.47 Å². The SMILES string of the molecule is CCn1cc(CNc2ccc(OC)c(OC)c2)c(C)n1. The Labute approximate surface area is 119 Å². The molecule has 5 heteroatoms. The zero-order valence-corrected chi connectivity index (χ0v) is 12.4. The fourth-order valence-electron chi connectivity index (χ4n) is 2.04. The highest BCUT2D eigenvalue weighted by Crippen LogP contribution is 2.29. The molecule has 0 saturated heterocycles. The van der Waals surface area contributed by atoms with Gasteiger partial charge in [0, 0.05) is 36.6 Å². The zero-order valence-electron chi connectivity index (χ0n) is 12.4. The number of aromatic nitrogens is 2. The van der Waals surface area contributed by atoms with Gasteiger partial charge in [0.05, 0.1) is 19.9 Å². The molecule has 0 aliphatic carbocycles. The minimum absolute atomic E-state index is 0.721. The molecule has 0 unspecified atom stereocenters. The number of nitrogens with zero attached hydrogens (tertiary/aromatic N) is 2. The summed E-state index contributed by atoms with van der Waals surface area (Å²) in [4.78, 5) is 0. The summed E-state index contributed by atoms with van der Waals surface area (Å²) in [7, 11) is 3.27. The number of hydrogen-bond donors (Lipinski definition) is 1. The molecule has 1 N–H and O–H groups in total. The van der Waals surface area contributed by atoms with Crippen molar-refractivity contribution in [3.05, 3.63) is 35.7 Å². The van der Waals surface area contributed by atoms with Crippen LogP contribution in [0.1, 0.15) is 18.2 Å². The van der Waals surface area contributed by atoms with Crippen LogP contribution in [0.3, 0.4) is 0 Å². The van der Waals surface area contributed by atoms with Gasteiger partial charge in [-0.15, -0.1) is 0 Å². The van der Waals surface area contributed by atoms with E-state index in [-0.39, 0.29) is 0 Å². The van der Waals surface area contributed by atoms with E-state index < -0.39 is 0 Å². The molecule has 0 radical (unpaired) electrons. The van der Waals surface area contributed by atoms with E-state index >= 15 is 0 Å². The minimum Gasteiger partial charge on any atom is -0.493 e. The molecule has 0 spiro atoms. The number of hydrogen-bond acceptors (Lipinski definition) is 4. The van der Waals surface area contributed by atoms with Crippen molar-refractivity contribution in [2.75, 3.05) is 19.5 Å². The third-order valence-corrected chi connectivity index (χ3v) is 3.24. The first-order chi connectivity index (χ1) is 9.67. The van der Waals surface area contributed by atoms with Gasteiger partial charge in [-0.25, -0.2) is 0 Å². The first-order valence-corrected chi connectivity index (χ1v) is 6.66. The Kier molecular flexibility index (Phi) is 4.50. The lowest BCUT2D eigenvalue weighted by Crippen LogP contribution is -2.00. The molecular weight excluding hydrogens is 254 g/mol. The zero-order chi connectivity index (χ0) is 14.5. The van der Waals surface area contributed by atoms with Crippen LogP contribution in [0.4, 0.5) is 5.69 Å². The molecule has 0 aliphatic heterocycles. The number of aryl methyl sites for hydroxylation is 2. The standard InChI is InChI=1S/C15H21N3O2/c1-5-18-10-12(11(2)17-18)9-16-13-6-7-14(19-3)15(8-13)20-4/h6-8,10,16H,5,9H2,1-4H3. The highest BCUT2D eigenvalue weighted by molar-refractivity contribution is 5.55. The van der Waals surface area contributed by atoms with Crippen LogP contribution >= 0.6 is 0 Å². The lowest BCUT2D eigenvalue weighted by atomic mass is 10.2. The maximum Gasteiger partial charge on any atom is 0.162 e. The Bertz CT molecular complexity index is 578. The van der Waals surface area contributed by atoms with Gasteiger partial charge in [0.15, 0.2) is 11.5 Å². The van der Waals surface area contributed by atoms with Crippen molar-refractivity contribution in [3.8, 4) is 11.5 Å². The second-order valence-electron chi connectivity index (χ2n) is 4.52. The molecule has 20 heavy (non-hydrogen) atoms. The Hall–Kier alpha value is -2.17. The van der Waals surface area contributed by atoms with Crippen LogP contribution in [-0.2, 0) is 13.1 Å². The first kappa shape index (κ1) is 14.2. The quantitative estimate of drug-likeness (QED) is 0.880. The predicted octanol–water partition coefficient (Wildman–Crippen LogP) is 2.84. The summed E-state index contributed by atoms with van der Waals surface area (Å²) in [6.45, 7) is 5.73. The van der Waals surface area contributed by atoms with Crippen molar-refractivity contribution in [2.45, 2.75) is 26.9 Å². The molecule has 0 amide bonds. The summed E-state index contributed by atoms with van der Waals surface area (Å²) in [6, 6.07) is 5.79. The predicted molar refractivity (Wildman–Crippen MR) is 79.5 cm³/mol. The molecule has 0 bridgehead atoms. The van der Waals surface area contributed by atoms with E-state index in [4.69, 9.17) is 9.47 Å². The molecule has 1 aromatic carbocycles. The molecule has 0 atom stereocenters. The van der Waals surface area contributed by atoms with Crippen LogP contribution in [0.25, 0.3) is 0 Å². The van der Waals surface area contributed by atoms with Gasteiger partial charge in [0.1, 0.15) is 0 Å². The molecule has 0 aliphatic rings. The van der Waals surface area contributed by atoms with E-state index in [1.165, 1.54) is 5.56 Å². The molecule has 2 aromatic rings. The number of ether oxygens (including phenoxy) is 2. The summed E-state index contributed by atoms with van der Waals surface area (Å²) in [5.41, 5.74) is 3.24.